The summed E-state index contributed by atoms with van der Waals surface area (Å²) in [5, 5.41) is 10.5. The molecule has 0 fully saturated rings. The lowest BCUT2D eigenvalue weighted by Crippen LogP contribution is -2.10. The van der Waals surface area contributed by atoms with Crippen LogP contribution in [0.3, 0.4) is 0 Å². The summed E-state index contributed by atoms with van der Waals surface area (Å²) in [4.78, 5) is 9.29. The summed E-state index contributed by atoms with van der Waals surface area (Å²) in [6.45, 7) is 4.73. The van der Waals surface area contributed by atoms with Gasteiger partial charge >= 0.3 is 0 Å². The van der Waals surface area contributed by atoms with Crippen LogP contribution < -0.4 is 0 Å². The maximum absolute atomic E-state index is 13.2. The summed E-state index contributed by atoms with van der Waals surface area (Å²) in [5.74, 6) is 1.29. The summed E-state index contributed by atoms with van der Waals surface area (Å²) in [6, 6.07) is 6.36. The monoisotopic (exact) mass is 369 g/mol. The fourth-order valence-corrected chi connectivity index (χ4v) is 4.41. The molecule has 7 heteroatoms. The van der Waals surface area contributed by atoms with Gasteiger partial charge in [0.1, 0.15) is 16.7 Å². The predicted molar refractivity (Wildman–Crippen MR) is 98.6 cm³/mol. The first-order valence-corrected chi connectivity index (χ1v) is 9.70. The van der Waals surface area contributed by atoms with E-state index in [0.717, 1.165) is 46.8 Å². The minimum absolute atomic E-state index is 0.256. The highest BCUT2D eigenvalue weighted by molar-refractivity contribution is 7.99. The molecule has 0 amide bonds. The predicted octanol–water partition coefficient (Wildman–Crippen LogP) is 4.23. The first kappa shape index (κ1) is 17.1. The Morgan fingerprint density at radius 2 is 1.85 bits per heavy atom. The SMILES string of the molecule is CCn1c(Sc2nc(C)nc3c2CCCC3)nnc1-c1ccc(F)cc1. The van der Waals surface area contributed by atoms with E-state index in [0.29, 0.717) is 0 Å². The minimum Gasteiger partial charge on any atom is -0.302 e. The lowest BCUT2D eigenvalue weighted by molar-refractivity contribution is 0.627. The second kappa shape index (κ2) is 7.15. The third-order valence-electron chi connectivity index (χ3n) is 4.58. The quantitative estimate of drug-likeness (QED) is 0.644. The zero-order valence-corrected chi connectivity index (χ0v) is 15.7. The maximum Gasteiger partial charge on any atom is 0.197 e. The Labute approximate surface area is 156 Å². The Balaban J connectivity index is 1.72. The molecule has 0 atom stereocenters. The first-order chi connectivity index (χ1) is 12.7. The standard InChI is InChI=1S/C19H20FN5S/c1-3-25-17(13-8-10-14(20)11-9-13)23-24-19(25)26-18-15-6-4-5-7-16(15)21-12(2)22-18/h8-11H,3-7H2,1-2H3. The number of aryl methyl sites for hydroxylation is 2. The molecule has 1 aromatic carbocycles. The lowest BCUT2D eigenvalue weighted by Gasteiger charge is -2.18. The van der Waals surface area contributed by atoms with Crippen molar-refractivity contribution in [2.75, 3.05) is 0 Å². The summed E-state index contributed by atoms with van der Waals surface area (Å²) in [6.07, 6.45) is 4.40. The van der Waals surface area contributed by atoms with Gasteiger partial charge in [0.05, 0.1) is 0 Å². The highest BCUT2D eigenvalue weighted by Gasteiger charge is 2.21. The first-order valence-electron chi connectivity index (χ1n) is 8.89. The van der Waals surface area contributed by atoms with Crippen molar-refractivity contribution in [3.8, 4) is 11.4 Å². The van der Waals surface area contributed by atoms with Gasteiger partial charge in [-0.1, -0.05) is 0 Å². The van der Waals surface area contributed by atoms with Crippen molar-refractivity contribution in [2.45, 2.75) is 56.3 Å². The molecule has 134 valence electrons. The highest BCUT2D eigenvalue weighted by atomic mass is 32.2. The van der Waals surface area contributed by atoms with Gasteiger partial charge in [-0.15, -0.1) is 10.2 Å². The average Bonchev–Trinajstić information content (AvgIpc) is 3.04. The topological polar surface area (TPSA) is 56.5 Å². The molecule has 0 saturated heterocycles. The molecule has 0 aliphatic heterocycles. The van der Waals surface area contributed by atoms with Crippen molar-refractivity contribution in [1.82, 2.24) is 24.7 Å². The molecule has 2 aromatic heterocycles. The fraction of sp³-hybridized carbons (Fsp3) is 0.368. The molecule has 0 radical (unpaired) electrons. The Morgan fingerprint density at radius 1 is 1.08 bits per heavy atom. The lowest BCUT2D eigenvalue weighted by atomic mass is 9.97. The van der Waals surface area contributed by atoms with Crippen molar-refractivity contribution in [2.24, 2.45) is 0 Å². The molecule has 4 rings (SSSR count). The van der Waals surface area contributed by atoms with Crippen LogP contribution in [0.5, 0.6) is 0 Å². The number of rotatable bonds is 4. The average molecular weight is 369 g/mol. The molecule has 0 saturated carbocycles. The normalized spacial score (nSPS) is 13.7. The maximum atomic E-state index is 13.2. The van der Waals surface area contributed by atoms with Gasteiger partial charge in [0.2, 0.25) is 0 Å². The van der Waals surface area contributed by atoms with Crippen LogP contribution in [0.25, 0.3) is 11.4 Å². The van der Waals surface area contributed by atoms with Gasteiger partial charge in [-0.3, -0.25) is 0 Å². The molecule has 0 unspecified atom stereocenters. The highest BCUT2D eigenvalue weighted by Crippen LogP contribution is 2.34. The van der Waals surface area contributed by atoms with Crippen molar-refractivity contribution in [1.29, 1.82) is 0 Å². The van der Waals surface area contributed by atoms with Crippen LogP contribution in [-0.4, -0.2) is 24.7 Å². The van der Waals surface area contributed by atoms with Crippen molar-refractivity contribution in [3.63, 3.8) is 0 Å². The number of nitrogens with zero attached hydrogens (tertiary/aromatic N) is 5. The number of hydrogen-bond acceptors (Lipinski definition) is 5. The smallest absolute Gasteiger partial charge is 0.197 e. The largest absolute Gasteiger partial charge is 0.302 e. The second-order valence-corrected chi connectivity index (χ2v) is 7.32. The van der Waals surface area contributed by atoms with Crippen molar-refractivity contribution < 1.29 is 4.39 Å². The molecule has 5 nitrogen and oxygen atoms in total. The van der Waals surface area contributed by atoms with Gasteiger partial charge in [0, 0.05) is 23.4 Å². The summed E-state index contributed by atoms with van der Waals surface area (Å²) in [5.41, 5.74) is 3.28. The number of halogens is 1. The van der Waals surface area contributed by atoms with Gasteiger partial charge in [-0.05, 0) is 75.6 Å². The Hall–Kier alpha value is -2.28. The Morgan fingerprint density at radius 3 is 2.62 bits per heavy atom. The van der Waals surface area contributed by atoms with Crippen LogP contribution >= 0.6 is 11.8 Å². The van der Waals surface area contributed by atoms with Gasteiger partial charge in [0.25, 0.3) is 0 Å². The van der Waals surface area contributed by atoms with Crippen molar-refractivity contribution in [3.05, 3.63) is 47.2 Å². The van der Waals surface area contributed by atoms with E-state index in [1.165, 1.54) is 36.2 Å². The third kappa shape index (κ3) is 3.23. The van der Waals surface area contributed by atoms with Gasteiger partial charge in [0.15, 0.2) is 11.0 Å². The Bertz CT molecular complexity index is 936. The van der Waals surface area contributed by atoms with E-state index in [2.05, 4.69) is 27.1 Å². The van der Waals surface area contributed by atoms with Gasteiger partial charge in [-0.25, -0.2) is 14.4 Å². The molecular formula is C19H20FN5S. The van der Waals surface area contributed by atoms with E-state index in [1.54, 1.807) is 23.9 Å². The van der Waals surface area contributed by atoms with E-state index < -0.39 is 0 Å². The van der Waals surface area contributed by atoms with Gasteiger partial charge in [-0.2, -0.15) is 0 Å². The molecule has 26 heavy (non-hydrogen) atoms. The molecule has 1 aliphatic rings. The Kier molecular flexibility index (Phi) is 4.72. The van der Waals surface area contributed by atoms with E-state index in [-0.39, 0.29) is 5.82 Å². The van der Waals surface area contributed by atoms with Crippen LogP contribution in [0, 0.1) is 12.7 Å². The molecule has 0 N–H and O–H groups in total. The molecule has 2 heterocycles. The number of fused-ring (bicyclic) bond motifs is 1. The summed E-state index contributed by atoms with van der Waals surface area (Å²) < 4.78 is 15.3. The molecule has 1 aliphatic carbocycles. The number of benzene rings is 1. The number of hydrogen-bond donors (Lipinski definition) is 0. The van der Waals surface area contributed by atoms with E-state index in [9.17, 15) is 4.39 Å². The molecular weight excluding hydrogens is 349 g/mol. The minimum atomic E-state index is -0.256. The summed E-state index contributed by atoms with van der Waals surface area (Å²) in [7, 11) is 0. The number of aromatic nitrogens is 5. The zero-order chi connectivity index (χ0) is 18.1. The van der Waals surface area contributed by atoms with Crippen LogP contribution in [0.1, 0.15) is 36.8 Å². The molecule has 0 bridgehead atoms. The fourth-order valence-electron chi connectivity index (χ4n) is 3.31. The van der Waals surface area contributed by atoms with Crippen LogP contribution in [-0.2, 0) is 19.4 Å². The molecule has 3 aromatic rings. The van der Waals surface area contributed by atoms with Crippen LogP contribution in [0.15, 0.2) is 34.4 Å². The second-order valence-electron chi connectivity index (χ2n) is 6.37. The van der Waals surface area contributed by atoms with Crippen LogP contribution in [0.2, 0.25) is 0 Å². The van der Waals surface area contributed by atoms with E-state index in [4.69, 9.17) is 0 Å². The summed E-state index contributed by atoms with van der Waals surface area (Å²) >= 11 is 1.55. The van der Waals surface area contributed by atoms with E-state index >= 15 is 0 Å². The van der Waals surface area contributed by atoms with Crippen molar-refractivity contribution >= 4 is 11.8 Å². The molecule has 0 spiro atoms. The van der Waals surface area contributed by atoms with Gasteiger partial charge < -0.3 is 4.57 Å². The third-order valence-corrected chi connectivity index (χ3v) is 5.60. The van der Waals surface area contributed by atoms with E-state index in [1.807, 2.05) is 11.5 Å². The zero-order valence-electron chi connectivity index (χ0n) is 14.9. The van der Waals surface area contributed by atoms with Crippen LogP contribution in [0.4, 0.5) is 4.39 Å².